The first-order chi connectivity index (χ1) is 14.4. The summed E-state index contributed by atoms with van der Waals surface area (Å²) >= 11 is 12.0. The highest BCUT2D eigenvalue weighted by Gasteiger charge is 2.16. The van der Waals surface area contributed by atoms with Gasteiger partial charge in [-0.2, -0.15) is 0 Å². The van der Waals surface area contributed by atoms with Gasteiger partial charge in [0.2, 0.25) is 0 Å². The van der Waals surface area contributed by atoms with Crippen LogP contribution in [0.1, 0.15) is 10.5 Å². The molecule has 3 aromatic rings. The molecule has 0 saturated heterocycles. The highest BCUT2D eigenvalue weighted by atomic mass is 35.5. The fourth-order valence-electron chi connectivity index (χ4n) is 2.71. The molecule has 1 heterocycles. The van der Waals surface area contributed by atoms with Crippen LogP contribution in [0.15, 0.2) is 54.6 Å². The first-order valence-corrected chi connectivity index (χ1v) is 9.62. The number of nitrogens with zero attached hydrogens (tertiary/aromatic N) is 1. The van der Waals surface area contributed by atoms with Crippen LogP contribution in [0.4, 0.5) is 11.4 Å². The Morgan fingerprint density at radius 1 is 0.967 bits per heavy atom. The predicted molar refractivity (Wildman–Crippen MR) is 117 cm³/mol. The Hall–Kier alpha value is -3.16. The maximum atomic E-state index is 12.5. The molecule has 0 unspecified atom stereocenters. The molecule has 0 atom stereocenters. The molecular weight excluding hydrogens is 429 g/mol. The van der Waals surface area contributed by atoms with Crippen molar-refractivity contribution in [1.29, 1.82) is 0 Å². The molecule has 0 spiro atoms. The van der Waals surface area contributed by atoms with Gasteiger partial charge in [-0.3, -0.25) is 9.59 Å². The molecule has 0 bridgehead atoms. The number of halogens is 2. The molecule has 0 saturated carbocycles. The van der Waals surface area contributed by atoms with Gasteiger partial charge in [0.1, 0.15) is 10.8 Å². The van der Waals surface area contributed by atoms with Crippen LogP contribution in [0, 0.1) is 0 Å². The summed E-state index contributed by atoms with van der Waals surface area (Å²) < 4.78 is 12.2. The lowest BCUT2D eigenvalue weighted by Gasteiger charge is -2.11. The van der Waals surface area contributed by atoms with Crippen LogP contribution in [0.25, 0.3) is 0 Å². The third-order valence-corrected chi connectivity index (χ3v) is 5.02. The van der Waals surface area contributed by atoms with Crippen molar-refractivity contribution in [3.05, 3.63) is 70.5 Å². The van der Waals surface area contributed by atoms with E-state index >= 15 is 0 Å². The Morgan fingerprint density at radius 3 is 2.27 bits per heavy atom. The van der Waals surface area contributed by atoms with Crippen molar-refractivity contribution in [2.24, 2.45) is 7.05 Å². The lowest BCUT2D eigenvalue weighted by Crippen LogP contribution is -2.20. The van der Waals surface area contributed by atoms with E-state index in [0.29, 0.717) is 33.6 Å². The number of anilines is 2. The summed E-state index contributed by atoms with van der Waals surface area (Å²) in [6, 6.07) is 15.3. The Kier molecular flexibility index (Phi) is 6.87. The van der Waals surface area contributed by atoms with Crippen molar-refractivity contribution in [3.8, 4) is 11.5 Å². The van der Waals surface area contributed by atoms with Crippen molar-refractivity contribution >= 4 is 46.4 Å². The average Bonchev–Trinajstić information content (AvgIpc) is 3.00. The Bertz CT molecular complexity index is 1080. The third-order valence-electron chi connectivity index (χ3n) is 4.18. The second kappa shape index (κ2) is 9.56. The highest BCUT2D eigenvalue weighted by Crippen LogP contribution is 2.27. The van der Waals surface area contributed by atoms with Gasteiger partial charge in [0.05, 0.1) is 12.1 Å². The van der Waals surface area contributed by atoms with Gasteiger partial charge in [0.15, 0.2) is 18.1 Å². The molecule has 2 amide bonds. The number of carbonyl (C=O) groups is 2. The second-order valence-electron chi connectivity index (χ2n) is 6.25. The zero-order valence-electron chi connectivity index (χ0n) is 16.2. The maximum absolute atomic E-state index is 12.5. The van der Waals surface area contributed by atoms with E-state index in [9.17, 15) is 9.59 Å². The van der Waals surface area contributed by atoms with Crippen LogP contribution in [0.2, 0.25) is 10.2 Å². The van der Waals surface area contributed by atoms with E-state index in [-0.39, 0.29) is 23.6 Å². The summed E-state index contributed by atoms with van der Waals surface area (Å²) in [7, 11) is 3.17. The van der Waals surface area contributed by atoms with Crippen molar-refractivity contribution in [1.82, 2.24) is 4.57 Å². The summed E-state index contributed by atoms with van der Waals surface area (Å²) in [6.07, 6.45) is 0. The van der Waals surface area contributed by atoms with Crippen LogP contribution in [0.3, 0.4) is 0 Å². The van der Waals surface area contributed by atoms with Gasteiger partial charge in [-0.05, 0) is 36.4 Å². The van der Waals surface area contributed by atoms with Crippen LogP contribution in [-0.4, -0.2) is 30.1 Å². The standard InChI is InChI=1S/C21H19Cl2N3O4/c1-26-16(11-15(22)20(26)23)21(28)25-14-7-5-6-13(10-14)24-19(27)12-30-18-9-4-3-8-17(18)29-2/h3-11H,12H2,1-2H3,(H,24,27)(H,25,28). The maximum Gasteiger partial charge on any atom is 0.272 e. The molecule has 0 fully saturated rings. The van der Waals surface area contributed by atoms with Gasteiger partial charge in [-0.25, -0.2) is 0 Å². The zero-order valence-corrected chi connectivity index (χ0v) is 17.8. The van der Waals surface area contributed by atoms with Crippen LogP contribution in [-0.2, 0) is 11.8 Å². The summed E-state index contributed by atoms with van der Waals surface area (Å²) in [5.41, 5.74) is 1.31. The molecule has 2 N–H and O–H groups in total. The van der Waals surface area contributed by atoms with Crippen molar-refractivity contribution in [3.63, 3.8) is 0 Å². The zero-order chi connectivity index (χ0) is 21.7. The number of nitrogens with one attached hydrogen (secondary N) is 2. The summed E-state index contributed by atoms with van der Waals surface area (Å²) in [5.74, 6) is 0.270. The number of rotatable bonds is 7. The van der Waals surface area contributed by atoms with E-state index in [4.69, 9.17) is 32.7 Å². The van der Waals surface area contributed by atoms with Gasteiger partial charge in [-0.1, -0.05) is 41.4 Å². The largest absolute Gasteiger partial charge is 0.493 e. The Balaban J connectivity index is 1.61. The molecule has 0 radical (unpaired) electrons. The second-order valence-corrected chi connectivity index (χ2v) is 7.02. The SMILES string of the molecule is COc1ccccc1OCC(=O)Nc1cccc(NC(=O)c2cc(Cl)c(Cl)n2C)c1. The first kappa shape index (κ1) is 21.5. The number of para-hydroxylation sites is 2. The third kappa shape index (κ3) is 5.06. The number of hydrogen-bond acceptors (Lipinski definition) is 4. The molecule has 156 valence electrons. The average molecular weight is 448 g/mol. The fourth-order valence-corrected chi connectivity index (χ4v) is 3.08. The smallest absolute Gasteiger partial charge is 0.272 e. The molecule has 0 aliphatic heterocycles. The topological polar surface area (TPSA) is 81.6 Å². The normalized spacial score (nSPS) is 10.4. The number of amides is 2. The molecule has 3 rings (SSSR count). The van der Waals surface area contributed by atoms with E-state index in [1.54, 1.807) is 49.5 Å². The quantitative estimate of drug-likeness (QED) is 0.553. The van der Waals surface area contributed by atoms with Gasteiger partial charge < -0.3 is 24.7 Å². The van der Waals surface area contributed by atoms with E-state index in [1.807, 2.05) is 6.07 Å². The molecular formula is C21H19Cl2N3O4. The number of methoxy groups -OCH3 is 1. The summed E-state index contributed by atoms with van der Waals surface area (Å²) in [5, 5.41) is 6.04. The summed E-state index contributed by atoms with van der Waals surface area (Å²) in [4.78, 5) is 24.7. The van der Waals surface area contributed by atoms with E-state index in [0.717, 1.165) is 0 Å². The Labute approximate surface area is 183 Å². The van der Waals surface area contributed by atoms with E-state index in [1.165, 1.54) is 17.7 Å². The molecule has 9 heteroatoms. The predicted octanol–water partition coefficient (Wildman–Crippen LogP) is 4.61. The van der Waals surface area contributed by atoms with Crippen LogP contribution < -0.4 is 20.1 Å². The highest BCUT2D eigenvalue weighted by molar-refractivity contribution is 6.42. The minimum atomic E-state index is -0.380. The summed E-state index contributed by atoms with van der Waals surface area (Å²) in [6.45, 7) is -0.197. The van der Waals surface area contributed by atoms with E-state index < -0.39 is 0 Å². The molecule has 1 aromatic heterocycles. The van der Waals surface area contributed by atoms with Gasteiger partial charge in [0, 0.05) is 18.4 Å². The fraction of sp³-hybridized carbons (Fsp3) is 0.143. The molecule has 7 nitrogen and oxygen atoms in total. The van der Waals surface area contributed by atoms with Gasteiger partial charge in [0.25, 0.3) is 11.8 Å². The van der Waals surface area contributed by atoms with Crippen molar-refractivity contribution < 1.29 is 19.1 Å². The van der Waals surface area contributed by atoms with Crippen molar-refractivity contribution in [2.75, 3.05) is 24.4 Å². The van der Waals surface area contributed by atoms with Crippen molar-refractivity contribution in [2.45, 2.75) is 0 Å². The van der Waals surface area contributed by atoms with Gasteiger partial charge >= 0.3 is 0 Å². The van der Waals surface area contributed by atoms with E-state index in [2.05, 4.69) is 10.6 Å². The Morgan fingerprint density at radius 2 is 1.63 bits per heavy atom. The number of ether oxygens (including phenoxy) is 2. The lowest BCUT2D eigenvalue weighted by molar-refractivity contribution is -0.118. The minimum absolute atomic E-state index is 0.197. The number of carbonyl (C=O) groups excluding carboxylic acids is 2. The monoisotopic (exact) mass is 447 g/mol. The first-order valence-electron chi connectivity index (χ1n) is 8.87. The number of benzene rings is 2. The number of hydrogen-bond donors (Lipinski definition) is 2. The minimum Gasteiger partial charge on any atom is -0.493 e. The van der Waals surface area contributed by atoms with Crippen LogP contribution >= 0.6 is 23.2 Å². The van der Waals surface area contributed by atoms with Gasteiger partial charge in [-0.15, -0.1) is 0 Å². The molecule has 0 aliphatic carbocycles. The molecule has 2 aromatic carbocycles. The molecule has 0 aliphatic rings. The van der Waals surface area contributed by atoms with Crippen LogP contribution in [0.5, 0.6) is 11.5 Å². The lowest BCUT2D eigenvalue weighted by atomic mass is 10.2. The number of aromatic nitrogens is 1. The molecule has 30 heavy (non-hydrogen) atoms.